The molecule has 1 rings (SSSR count). The van der Waals surface area contributed by atoms with E-state index in [0.29, 0.717) is 12.0 Å². The number of amides is 1. The van der Waals surface area contributed by atoms with E-state index in [-0.39, 0.29) is 12.5 Å². The number of hydrogen-bond acceptors (Lipinski definition) is 3. The first-order valence-electron chi connectivity index (χ1n) is 6.64. The van der Waals surface area contributed by atoms with Crippen molar-refractivity contribution < 1.29 is 9.90 Å². The molecule has 0 saturated heterocycles. The first kappa shape index (κ1) is 15.9. The molecular formula is C16H20N2O2. The molecule has 0 bridgehead atoms. The highest BCUT2D eigenvalue weighted by Gasteiger charge is 2.22. The number of hydrogen-bond donors (Lipinski definition) is 2. The fourth-order valence-electron chi connectivity index (χ4n) is 1.80. The number of carbonyl (C=O) groups is 1. The van der Waals surface area contributed by atoms with Crippen molar-refractivity contribution in [3.63, 3.8) is 0 Å². The number of nitrogens with zero attached hydrogens (tertiary/aromatic N) is 1. The Bertz CT molecular complexity index is 532. The van der Waals surface area contributed by atoms with Gasteiger partial charge in [-0.25, -0.2) is 0 Å². The lowest BCUT2D eigenvalue weighted by Crippen LogP contribution is -2.45. The van der Waals surface area contributed by atoms with Crippen molar-refractivity contribution in [2.45, 2.75) is 32.2 Å². The predicted molar refractivity (Wildman–Crippen MR) is 78.7 cm³/mol. The monoisotopic (exact) mass is 272 g/mol. The molecule has 0 spiro atoms. The third kappa shape index (κ3) is 4.87. The van der Waals surface area contributed by atoms with Gasteiger partial charge >= 0.3 is 0 Å². The zero-order valence-corrected chi connectivity index (χ0v) is 11.9. The maximum atomic E-state index is 11.9. The number of rotatable bonds is 6. The van der Waals surface area contributed by atoms with Crippen molar-refractivity contribution >= 4 is 12.0 Å². The maximum Gasteiger partial charge on any atom is 0.244 e. The smallest absolute Gasteiger partial charge is 0.244 e. The van der Waals surface area contributed by atoms with Crippen molar-refractivity contribution in [2.24, 2.45) is 0 Å². The number of nitrogens with one attached hydrogen (secondary N) is 1. The summed E-state index contributed by atoms with van der Waals surface area (Å²) in [6.45, 7) is 3.92. The van der Waals surface area contributed by atoms with Gasteiger partial charge in [0.2, 0.25) is 5.91 Å². The van der Waals surface area contributed by atoms with E-state index in [1.54, 1.807) is 24.3 Å². The molecule has 4 heteroatoms. The molecule has 1 amide bonds. The summed E-state index contributed by atoms with van der Waals surface area (Å²) in [4.78, 5) is 11.9. The lowest BCUT2D eigenvalue weighted by atomic mass is 9.95. The van der Waals surface area contributed by atoms with Crippen LogP contribution in [0.1, 0.15) is 37.8 Å². The first-order chi connectivity index (χ1) is 9.53. The second-order valence-corrected chi connectivity index (χ2v) is 4.95. The van der Waals surface area contributed by atoms with Gasteiger partial charge in [0.1, 0.15) is 0 Å². The summed E-state index contributed by atoms with van der Waals surface area (Å²) in [5.74, 6) is -0.204. The summed E-state index contributed by atoms with van der Waals surface area (Å²) in [5.41, 5.74) is 0.968. The molecule has 0 aliphatic heterocycles. The van der Waals surface area contributed by atoms with Crippen molar-refractivity contribution in [1.29, 1.82) is 5.26 Å². The van der Waals surface area contributed by atoms with Crippen molar-refractivity contribution in [3.8, 4) is 6.07 Å². The van der Waals surface area contributed by atoms with Gasteiger partial charge in [0.25, 0.3) is 0 Å². The molecule has 0 aliphatic carbocycles. The van der Waals surface area contributed by atoms with Gasteiger partial charge in [0.05, 0.1) is 11.6 Å². The highest BCUT2D eigenvalue weighted by atomic mass is 16.3. The molecule has 2 N–H and O–H groups in total. The molecule has 0 aliphatic rings. The molecule has 1 atom stereocenters. The Morgan fingerprint density at radius 3 is 2.90 bits per heavy atom. The van der Waals surface area contributed by atoms with E-state index in [1.807, 2.05) is 19.9 Å². The molecule has 0 heterocycles. The van der Waals surface area contributed by atoms with Crippen LogP contribution in [0.2, 0.25) is 0 Å². The topological polar surface area (TPSA) is 73.1 Å². The lowest BCUT2D eigenvalue weighted by molar-refractivity contribution is -0.118. The minimum atomic E-state index is -0.398. The highest BCUT2D eigenvalue weighted by Crippen LogP contribution is 2.14. The minimum absolute atomic E-state index is 0.0402. The van der Waals surface area contributed by atoms with Gasteiger partial charge in [0, 0.05) is 18.2 Å². The van der Waals surface area contributed by atoms with Gasteiger partial charge in [-0.2, -0.15) is 5.26 Å². The minimum Gasteiger partial charge on any atom is -0.396 e. The van der Waals surface area contributed by atoms with Gasteiger partial charge in [-0.15, -0.1) is 0 Å². The molecule has 0 fully saturated rings. The summed E-state index contributed by atoms with van der Waals surface area (Å²) >= 11 is 0. The van der Waals surface area contributed by atoms with E-state index >= 15 is 0 Å². The third-order valence-corrected chi connectivity index (χ3v) is 3.31. The van der Waals surface area contributed by atoms with Crippen molar-refractivity contribution in [2.75, 3.05) is 6.61 Å². The number of aliphatic hydroxyl groups is 1. The fraction of sp³-hybridized carbons (Fsp3) is 0.375. The summed E-state index contributed by atoms with van der Waals surface area (Å²) in [5, 5.41) is 20.7. The zero-order chi connectivity index (χ0) is 15.0. The molecule has 1 aromatic carbocycles. The van der Waals surface area contributed by atoms with E-state index in [2.05, 4.69) is 11.4 Å². The highest BCUT2D eigenvalue weighted by molar-refractivity contribution is 5.92. The molecule has 0 radical (unpaired) electrons. The number of carbonyl (C=O) groups excluding carboxylic acids is 1. The average Bonchev–Trinajstić information content (AvgIpc) is 2.45. The van der Waals surface area contributed by atoms with Crippen LogP contribution in [0.3, 0.4) is 0 Å². The lowest BCUT2D eigenvalue weighted by Gasteiger charge is -2.28. The Morgan fingerprint density at radius 1 is 1.55 bits per heavy atom. The Hall–Kier alpha value is -2.12. The van der Waals surface area contributed by atoms with E-state index in [9.17, 15) is 4.79 Å². The second-order valence-electron chi connectivity index (χ2n) is 4.95. The summed E-state index contributed by atoms with van der Waals surface area (Å²) in [6, 6.07) is 9.10. The number of nitriles is 1. The van der Waals surface area contributed by atoms with Crippen LogP contribution < -0.4 is 5.32 Å². The third-order valence-electron chi connectivity index (χ3n) is 3.31. The maximum absolute atomic E-state index is 11.9. The van der Waals surface area contributed by atoms with E-state index < -0.39 is 5.54 Å². The van der Waals surface area contributed by atoms with E-state index in [1.165, 1.54) is 6.08 Å². The Morgan fingerprint density at radius 2 is 2.30 bits per heavy atom. The molecule has 106 valence electrons. The van der Waals surface area contributed by atoms with Crippen LogP contribution in [-0.2, 0) is 4.79 Å². The standard InChI is InChI=1S/C16H20N2O2/c1-3-16(2,9-10-19)18-15(20)8-7-13-5-4-6-14(11-13)12-17/h4-8,11,19H,3,9-10H2,1-2H3,(H,18,20)/b8-7+. The molecule has 0 aromatic heterocycles. The SMILES string of the molecule is CCC(C)(CCO)NC(=O)/C=C/c1cccc(C#N)c1. The molecule has 20 heavy (non-hydrogen) atoms. The van der Waals surface area contributed by atoms with Crippen LogP contribution in [0.5, 0.6) is 0 Å². The van der Waals surface area contributed by atoms with Crippen LogP contribution in [-0.4, -0.2) is 23.2 Å². The van der Waals surface area contributed by atoms with Gasteiger partial charge in [-0.1, -0.05) is 19.1 Å². The van der Waals surface area contributed by atoms with Crippen molar-refractivity contribution in [1.82, 2.24) is 5.32 Å². The quantitative estimate of drug-likeness (QED) is 0.780. The van der Waals surface area contributed by atoms with Crippen molar-refractivity contribution in [3.05, 3.63) is 41.5 Å². The summed E-state index contributed by atoms with van der Waals surface area (Å²) in [7, 11) is 0. The largest absolute Gasteiger partial charge is 0.396 e. The van der Waals surface area contributed by atoms with Crippen LogP contribution in [0.25, 0.3) is 6.08 Å². The molecule has 4 nitrogen and oxygen atoms in total. The van der Waals surface area contributed by atoms with E-state index in [0.717, 1.165) is 12.0 Å². The average molecular weight is 272 g/mol. The molecular weight excluding hydrogens is 252 g/mol. The van der Waals surface area contributed by atoms with Gasteiger partial charge in [-0.05, 0) is 43.5 Å². The van der Waals surface area contributed by atoms with Gasteiger partial charge in [-0.3, -0.25) is 4.79 Å². The molecule has 0 saturated carbocycles. The summed E-state index contributed by atoms with van der Waals surface area (Å²) < 4.78 is 0. The summed E-state index contributed by atoms with van der Waals surface area (Å²) in [6.07, 6.45) is 4.39. The number of aliphatic hydroxyl groups excluding tert-OH is 1. The molecule has 1 unspecified atom stereocenters. The first-order valence-corrected chi connectivity index (χ1v) is 6.64. The number of benzene rings is 1. The zero-order valence-electron chi connectivity index (χ0n) is 11.9. The Balaban J connectivity index is 2.70. The fourth-order valence-corrected chi connectivity index (χ4v) is 1.80. The van der Waals surface area contributed by atoms with Crippen LogP contribution in [0.4, 0.5) is 0 Å². The van der Waals surface area contributed by atoms with E-state index in [4.69, 9.17) is 10.4 Å². The normalized spacial score (nSPS) is 13.7. The Labute approximate surface area is 119 Å². The van der Waals surface area contributed by atoms with Crippen LogP contribution >= 0.6 is 0 Å². The second kappa shape index (κ2) is 7.46. The van der Waals surface area contributed by atoms with Crippen LogP contribution in [0.15, 0.2) is 30.3 Å². The Kier molecular flexibility index (Phi) is 5.95. The van der Waals surface area contributed by atoms with Crippen LogP contribution in [0, 0.1) is 11.3 Å². The molecule has 1 aromatic rings. The predicted octanol–water partition coefficient (Wildman–Crippen LogP) is 2.24. The van der Waals surface area contributed by atoms with Gasteiger partial charge < -0.3 is 10.4 Å². The van der Waals surface area contributed by atoms with Gasteiger partial charge in [0.15, 0.2) is 0 Å².